The van der Waals surface area contributed by atoms with Crippen molar-refractivity contribution in [1.29, 1.82) is 5.26 Å². The molecular formula is C17H13BrFNO2. The number of rotatable bonds is 4. The van der Waals surface area contributed by atoms with Crippen LogP contribution in [0.1, 0.15) is 11.1 Å². The smallest absolute Gasteiger partial charge is 0.136 e. The quantitative estimate of drug-likeness (QED) is 0.586. The minimum atomic E-state index is -0.387. The van der Waals surface area contributed by atoms with Gasteiger partial charge >= 0.3 is 0 Å². The lowest BCUT2D eigenvalue weighted by Gasteiger charge is -2.10. The van der Waals surface area contributed by atoms with E-state index in [0.717, 1.165) is 4.47 Å². The molecule has 112 valence electrons. The summed E-state index contributed by atoms with van der Waals surface area (Å²) in [6.45, 7) is 0. The van der Waals surface area contributed by atoms with Gasteiger partial charge in [0.05, 0.1) is 30.3 Å². The van der Waals surface area contributed by atoms with Gasteiger partial charge in [0.15, 0.2) is 0 Å². The van der Waals surface area contributed by atoms with Gasteiger partial charge in [-0.1, -0.05) is 12.1 Å². The van der Waals surface area contributed by atoms with Crippen LogP contribution >= 0.6 is 15.9 Å². The molecule has 0 aliphatic heterocycles. The van der Waals surface area contributed by atoms with Crippen molar-refractivity contribution in [1.82, 2.24) is 0 Å². The molecule has 0 atom stereocenters. The van der Waals surface area contributed by atoms with Crippen molar-refractivity contribution in [3.8, 4) is 17.6 Å². The van der Waals surface area contributed by atoms with Gasteiger partial charge in [-0.15, -0.1) is 0 Å². The minimum Gasteiger partial charge on any atom is -0.496 e. The van der Waals surface area contributed by atoms with Gasteiger partial charge in [-0.2, -0.15) is 5.26 Å². The largest absolute Gasteiger partial charge is 0.496 e. The summed E-state index contributed by atoms with van der Waals surface area (Å²) < 4.78 is 24.6. The maximum atomic E-state index is 13.3. The fourth-order valence-electron chi connectivity index (χ4n) is 1.99. The van der Waals surface area contributed by atoms with Crippen molar-refractivity contribution >= 4 is 27.6 Å². The lowest BCUT2D eigenvalue weighted by Crippen LogP contribution is -1.92. The molecule has 3 nitrogen and oxygen atoms in total. The predicted octanol–water partition coefficient (Wildman–Crippen LogP) is 4.67. The number of benzene rings is 2. The zero-order chi connectivity index (χ0) is 16.1. The third-order valence-electron chi connectivity index (χ3n) is 3.06. The van der Waals surface area contributed by atoms with Crippen LogP contribution < -0.4 is 9.47 Å². The van der Waals surface area contributed by atoms with E-state index in [1.54, 1.807) is 37.5 Å². The lowest BCUT2D eigenvalue weighted by atomic mass is 10.0. The number of hydrogen-bond donors (Lipinski definition) is 0. The van der Waals surface area contributed by atoms with Gasteiger partial charge in [0, 0.05) is 11.6 Å². The van der Waals surface area contributed by atoms with Gasteiger partial charge in [0.1, 0.15) is 17.3 Å². The maximum Gasteiger partial charge on any atom is 0.136 e. The van der Waals surface area contributed by atoms with Gasteiger partial charge in [-0.05, 0) is 45.8 Å². The van der Waals surface area contributed by atoms with Crippen LogP contribution in [-0.4, -0.2) is 14.2 Å². The second-order valence-electron chi connectivity index (χ2n) is 4.41. The summed E-state index contributed by atoms with van der Waals surface area (Å²) in [5, 5.41) is 9.35. The van der Waals surface area contributed by atoms with Crippen molar-refractivity contribution in [2.24, 2.45) is 0 Å². The fourth-order valence-corrected chi connectivity index (χ4v) is 2.51. The molecule has 0 amide bonds. The molecular weight excluding hydrogens is 349 g/mol. The Balaban J connectivity index is 2.55. The predicted molar refractivity (Wildman–Crippen MR) is 87.1 cm³/mol. The van der Waals surface area contributed by atoms with E-state index in [1.165, 1.54) is 19.2 Å². The van der Waals surface area contributed by atoms with E-state index in [1.807, 2.05) is 0 Å². The Bertz CT molecular complexity index is 766. The number of nitriles is 1. The number of allylic oxidation sites excluding steroid dienone is 1. The summed E-state index contributed by atoms with van der Waals surface area (Å²) in [5.74, 6) is 0.795. The van der Waals surface area contributed by atoms with E-state index >= 15 is 0 Å². The van der Waals surface area contributed by atoms with Crippen molar-refractivity contribution in [3.05, 3.63) is 57.8 Å². The van der Waals surface area contributed by atoms with Gasteiger partial charge in [0.2, 0.25) is 0 Å². The van der Waals surface area contributed by atoms with E-state index in [2.05, 4.69) is 22.0 Å². The van der Waals surface area contributed by atoms with Crippen LogP contribution in [-0.2, 0) is 0 Å². The van der Waals surface area contributed by atoms with Crippen molar-refractivity contribution < 1.29 is 13.9 Å². The first kappa shape index (κ1) is 16.1. The van der Waals surface area contributed by atoms with E-state index in [9.17, 15) is 9.65 Å². The first-order chi connectivity index (χ1) is 10.6. The highest BCUT2D eigenvalue weighted by atomic mass is 79.9. The van der Waals surface area contributed by atoms with Crippen LogP contribution in [0.2, 0.25) is 0 Å². The molecule has 0 aliphatic rings. The van der Waals surface area contributed by atoms with Crippen molar-refractivity contribution in [2.75, 3.05) is 14.2 Å². The number of methoxy groups -OCH3 is 2. The first-order valence-corrected chi connectivity index (χ1v) is 7.17. The maximum absolute atomic E-state index is 13.3. The van der Waals surface area contributed by atoms with Gasteiger partial charge < -0.3 is 9.47 Å². The monoisotopic (exact) mass is 361 g/mol. The molecule has 2 rings (SSSR count). The van der Waals surface area contributed by atoms with E-state index < -0.39 is 0 Å². The highest BCUT2D eigenvalue weighted by Crippen LogP contribution is 2.34. The normalized spacial score (nSPS) is 11.0. The van der Waals surface area contributed by atoms with E-state index in [0.29, 0.717) is 28.2 Å². The summed E-state index contributed by atoms with van der Waals surface area (Å²) in [7, 11) is 3.09. The van der Waals surface area contributed by atoms with Crippen molar-refractivity contribution in [2.45, 2.75) is 0 Å². The Labute approximate surface area is 136 Å². The Hall–Kier alpha value is -2.32. The summed E-state index contributed by atoms with van der Waals surface area (Å²) in [6.07, 6.45) is 1.65. The zero-order valence-electron chi connectivity index (χ0n) is 12.1. The molecule has 2 aromatic carbocycles. The molecule has 0 fully saturated rings. The summed E-state index contributed by atoms with van der Waals surface area (Å²) >= 11 is 3.40. The molecule has 0 saturated carbocycles. The zero-order valence-corrected chi connectivity index (χ0v) is 13.6. The molecule has 0 aliphatic carbocycles. The van der Waals surface area contributed by atoms with Crippen LogP contribution in [0.4, 0.5) is 4.39 Å². The Morgan fingerprint density at radius 2 is 1.91 bits per heavy atom. The summed E-state index contributed by atoms with van der Waals surface area (Å²) in [6, 6.07) is 11.5. The van der Waals surface area contributed by atoms with Crippen LogP contribution in [0.5, 0.6) is 11.5 Å². The van der Waals surface area contributed by atoms with E-state index in [-0.39, 0.29) is 5.82 Å². The van der Waals surface area contributed by atoms with Gasteiger partial charge in [0.25, 0.3) is 0 Å². The summed E-state index contributed by atoms with van der Waals surface area (Å²) in [4.78, 5) is 0. The molecule has 0 spiro atoms. The first-order valence-electron chi connectivity index (χ1n) is 6.38. The van der Waals surface area contributed by atoms with E-state index in [4.69, 9.17) is 9.47 Å². The average molecular weight is 362 g/mol. The average Bonchev–Trinajstić information content (AvgIpc) is 2.52. The third kappa shape index (κ3) is 3.46. The highest BCUT2D eigenvalue weighted by molar-refractivity contribution is 9.10. The highest BCUT2D eigenvalue weighted by Gasteiger charge is 2.10. The van der Waals surface area contributed by atoms with Crippen LogP contribution in [0.15, 0.2) is 40.9 Å². The molecule has 22 heavy (non-hydrogen) atoms. The second kappa shape index (κ2) is 7.10. The summed E-state index contributed by atoms with van der Waals surface area (Å²) in [5.41, 5.74) is 1.54. The SMILES string of the molecule is COc1cc(OC)c(/C=C(\C#N)c2cccc(F)c2)cc1Br. The number of hydrogen-bond acceptors (Lipinski definition) is 3. The Morgan fingerprint density at radius 1 is 1.18 bits per heavy atom. The van der Waals surface area contributed by atoms with Crippen LogP contribution in [0.25, 0.3) is 11.6 Å². The molecule has 0 saturated heterocycles. The molecule has 0 N–H and O–H groups in total. The Morgan fingerprint density at radius 3 is 2.50 bits per heavy atom. The minimum absolute atomic E-state index is 0.342. The Kier molecular flexibility index (Phi) is 5.18. The second-order valence-corrected chi connectivity index (χ2v) is 5.26. The third-order valence-corrected chi connectivity index (χ3v) is 3.68. The fraction of sp³-hybridized carbons (Fsp3) is 0.118. The molecule has 0 unspecified atom stereocenters. The number of nitrogens with zero attached hydrogens (tertiary/aromatic N) is 1. The van der Waals surface area contributed by atoms with Crippen LogP contribution in [0, 0.1) is 17.1 Å². The topological polar surface area (TPSA) is 42.2 Å². The molecule has 5 heteroatoms. The molecule has 0 bridgehead atoms. The molecule has 0 aromatic heterocycles. The van der Waals surface area contributed by atoms with Gasteiger partial charge in [-0.25, -0.2) is 4.39 Å². The lowest BCUT2D eigenvalue weighted by molar-refractivity contribution is 0.392. The molecule has 0 heterocycles. The molecule has 0 radical (unpaired) electrons. The van der Waals surface area contributed by atoms with Gasteiger partial charge in [-0.3, -0.25) is 0 Å². The number of ether oxygens (including phenoxy) is 2. The standard InChI is InChI=1S/C17H13BrFNO2/c1-21-16-9-17(22-2)15(18)8-12(16)6-13(10-20)11-4-3-5-14(19)7-11/h3-9H,1-2H3/b13-6+. The van der Waals surface area contributed by atoms with Crippen LogP contribution in [0.3, 0.4) is 0 Å². The molecule has 2 aromatic rings. The number of halogens is 2. The van der Waals surface area contributed by atoms with Crippen molar-refractivity contribution in [3.63, 3.8) is 0 Å².